The summed E-state index contributed by atoms with van der Waals surface area (Å²) in [5.41, 5.74) is 3.42. The fourth-order valence-corrected chi connectivity index (χ4v) is 3.97. The molecule has 0 aromatic heterocycles. The van der Waals surface area contributed by atoms with Crippen molar-refractivity contribution in [3.63, 3.8) is 0 Å². The van der Waals surface area contributed by atoms with Crippen LogP contribution in [-0.2, 0) is 22.3 Å². The van der Waals surface area contributed by atoms with Gasteiger partial charge in [-0.2, -0.15) is 0 Å². The van der Waals surface area contributed by atoms with E-state index in [4.69, 9.17) is 9.47 Å². The first kappa shape index (κ1) is 22.1. The smallest absolute Gasteiger partial charge is 0.338 e. The minimum atomic E-state index is -0.414. The Hall–Kier alpha value is -2.62. The first-order chi connectivity index (χ1) is 14.6. The topological polar surface area (TPSA) is 52.6 Å². The lowest BCUT2D eigenvalue weighted by molar-refractivity contribution is -0.0247. The largest absolute Gasteiger partial charge is 0.458 e. The van der Waals surface area contributed by atoms with Gasteiger partial charge in [0, 0.05) is 0 Å². The van der Waals surface area contributed by atoms with Crippen LogP contribution in [-0.4, -0.2) is 24.6 Å². The highest BCUT2D eigenvalue weighted by Crippen LogP contribution is 2.29. The van der Waals surface area contributed by atoms with E-state index in [-0.39, 0.29) is 24.5 Å². The molecule has 0 spiro atoms. The first-order valence-electron chi connectivity index (χ1n) is 11.2. The van der Waals surface area contributed by atoms with Gasteiger partial charge in [-0.15, -0.1) is 0 Å². The zero-order valence-corrected chi connectivity index (χ0v) is 18.1. The average Bonchev–Trinajstić information content (AvgIpc) is 2.82. The van der Waals surface area contributed by atoms with Crippen molar-refractivity contribution in [3.05, 3.63) is 70.8 Å². The fourth-order valence-electron chi connectivity index (χ4n) is 3.97. The van der Waals surface area contributed by atoms with Crippen LogP contribution in [0.15, 0.2) is 48.5 Å². The highest BCUT2D eigenvalue weighted by Gasteiger charge is 2.29. The Morgan fingerprint density at radius 3 is 1.80 bits per heavy atom. The molecule has 2 aromatic carbocycles. The molecule has 0 heterocycles. The molecule has 0 bridgehead atoms. The molecule has 1 atom stereocenters. The maximum absolute atomic E-state index is 12.7. The van der Waals surface area contributed by atoms with Crippen molar-refractivity contribution in [2.45, 2.75) is 64.9 Å². The molecule has 1 aliphatic rings. The van der Waals surface area contributed by atoms with E-state index in [1.54, 1.807) is 24.3 Å². The van der Waals surface area contributed by atoms with E-state index in [0.29, 0.717) is 11.1 Å². The SMILES string of the molecule is CCc1ccc(C(=O)OCC(OC(=O)c2ccc(CC)cc2)C2CCCCC2)cc1. The van der Waals surface area contributed by atoms with E-state index in [2.05, 4.69) is 13.8 Å². The third-order valence-corrected chi connectivity index (χ3v) is 6.01. The first-order valence-corrected chi connectivity index (χ1v) is 11.2. The summed E-state index contributed by atoms with van der Waals surface area (Å²) in [7, 11) is 0. The van der Waals surface area contributed by atoms with Gasteiger partial charge in [0.05, 0.1) is 11.1 Å². The normalized spacial score (nSPS) is 15.4. The molecule has 4 heteroatoms. The van der Waals surface area contributed by atoms with Crippen molar-refractivity contribution in [2.75, 3.05) is 6.61 Å². The molecule has 1 saturated carbocycles. The Labute approximate surface area is 179 Å². The van der Waals surface area contributed by atoms with Gasteiger partial charge in [0.1, 0.15) is 12.7 Å². The van der Waals surface area contributed by atoms with E-state index in [9.17, 15) is 9.59 Å². The van der Waals surface area contributed by atoms with Crippen molar-refractivity contribution in [1.29, 1.82) is 0 Å². The van der Waals surface area contributed by atoms with Crippen LogP contribution in [0.1, 0.15) is 77.8 Å². The number of carbonyl (C=O) groups excluding carboxylic acids is 2. The van der Waals surface area contributed by atoms with Crippen LogP contribution in [0.4, 0.5) is 0 Å². The quantitative estimate of drug-likeness (QED) is 0.520. The number of hydrogen-bond acceptors (Lipinski definition) is 4. The van der Waals surface area contributed by atoms with Crippen LogP contribution >= 0.6 is 0 Å². The van der Waals surface area contributed by atoms with E-state index in [1.807, 2.05) is 24.3 Å². The van der Waals surface area contributed by atoms with Crippen molar-refractivity contribution in [2.24, 2.45) is 5.92 Å². The molecule has 0 N–H and O–H groups in total. The summed E-state index contributed by atoms with van der Waals surface area (Å²) < 4.78 is 11.4. The standard InChI is InChI=1S/C26H32O4/c1-3-19-10-14-22(15-11-19)25(27)29-18-24(21-8-6-5-7-9-21)30-26(28)23-16-12-20(4-2)13-17-23/h10-17,21,24H,3-9,18H2,1-2H3. The molecular weight excluding hydrogens is 376 g/mol. The molecule has 30 heavy (non-hydrogen) atoms. The molecule has 1 fully saturated rings. The number of carbonyl (C=O) groups is 2. The number of benzene rings is 2. The summed E-state index contributed by atoms with van der Waals surface area (Å²) in [6.07, 6.45) is 6.88. The lowest BCUT2D eigenvalue weighted by atomic mass is 9.85. The number of esters is 2. The predicted octanol–water partition coefficient (Wildman–Crippen LogP) is 5.77. The Morgan fingerprint density at radius 1 is 0.800 bits per heavy atom. The van der Waals surface area contributed by atoms with Crippen LogP contribution in [0.2, 0.25) is 0 Å². The van der Waals surface area contributed by atoms with Gasteiger partial charge in [-0.3, -0.25) is 0 Å². The molecule has 4 nitrogen and oxygen atoms in total. The van der Waals surface area contributed by atoms with Crippen LogP contribution in [0.5, 0.6) is 0 Å². The van der Waals surface area contributed by atoms with Gasteiger partial charge < -0.3 is 9.47 Å². The third-order valence-electron chi connectivity index (χ3n) is 6.01. The molecule has 0 saturated heterocycles. The van der Waals surface area contributed by atoms with Crippen molar-refractivity contribution >= 4 is 11.9 Å². The number of ether oxygens (including phenoxy) is 2. The van der Waals surface area contributed by atoms with Crippen LogP contribution in [0, 0.1) is 5.92 Å². The van der Waals surface area contributed by atoms with Crippen LogP contribution in [0.3, 0.4) is 0 Å². The van der Waals surface area contributed by atoms with Gasteiger partial charge in [-0.25, -0.2) is 9.59 Å². The summed E-state index contributed by atoms with van der Waals surface area (Å²) in [5, 5.41) is 0. The number of aryl methyl sites for hydroxylation is 2. The Balaban J connectivity index is 1.65. The molecule has 2 aromatic rings. The second-order valence-electron chi connectivity index (χ2n) is 8.04. The predicted molar refractivity (Wildman–Crippen MR) is 118 cm³/mol. The molecule has 160 valence electrons. The highest BCUT2D eigenvalue weighted by atomic mass is 16.6. The second-order valence-corrected chi connectivity index (χ2v) is 8.04. The Bertz CT molecular complexity index is 817. The zero-order chi connectivity index (χ0) is 21.3. The van der Waals surface area contributed by atoms with E-state index in [0.717, 1.165) is 38.5 Å². The molecule has 1 unspecified atom stereocenters. The van der Waals surface area contributed by atoms with Gasteiger partial charge in [0.15, 0.2) is 0 Å². The zero-order valence-electron chi connectivity index (χ0n) is 18.1. The van der Waals surface area contributed by atoms with Crippen molar-refractivity contribution < 1.29 is 19.1 Å². The van der Waals surface area contributed by atoms with Crippen LogP contribution in [0.25, 0.3) is 0 Å². The summed E-state index contributed by atoms with van der Waals surface area (Å²) >= 11 is 0. The lowest BCUT2D eigenvalue weighted by Gasteiger charge is -2.29. The molecular formula is C26H32O4. The molecule has 0 amide bonds. The summed E-state index contributed by atoms with van der Waals surface area (Å²) in [6.45, 7) is 4.25. The Kier molecular flexibility index (Phi) is 8.06. The maximum atomic E-state index is 12.7. The second kappa shape index (κ2) is 11.0. The van der Waals surface area contributed by atoms with Gasteiger partial charge in [0.25, 0.3) is 0 Å². The summed E-state index contributed by atoms with van der Waals surface area (Å²) in [6, 6.07) is 15.0. The summed E-state index contributed by atoms with van der Waals surface area (Å²) in [5.74, 6) is -0.494. The van der Waals surface area contributed by atoms with Crippen LogP contribution < -0.4 is 0 Å². The molecule has 3 rings (SSSR count). The molecule has 1 aliphatic carbocycles. The maximum Gasteiger partial charge on any atom is 0.338 e. The monoisotopic (exact) mass is 408 g/mol. The van der Waals surface area contributed by atoms with E-state index in [1.165, 1.54) is 17.5 Å². The van der Waals surface area contributed by atoms with Gasteiger partial charge in [-0.1, -0.05) is 57.4 Å². The average molecular weight is 409 g/mol. The molecule has 0 radical (unpaired) electrons. The minimum Gasteiger partial charge on any atom is -0.458 e. The molecule has 0 aliphatic heterocycles. The van der Waals surface area contributed by atoms with Gasteiger partial charge >= 0.3 is 11.9 Å². The fraction of sp³-hybridized carbons (Fsp3) is 0.462. The van der Waals surface area contributed by atoms with Crippen molar-refractivity contribution in [3.8, 4) is 0 Å². The van der Waals surface area contributed by atoms with E-state index < -0.39 is 6.10 Å². The number of hydrogen-bond donors (Lipinski definition) is 0. The third kappa shape index (κ3) is 5.94. The van der Waals surface area contributed by atoms with Gasteiger partial charge in [0.2, 0.25) is 0 Å². The Morgan fingerprint density at radius 2 is 1.30 bits per heavy atom. The highest BCUT2D eigenvalue weighted by molar-refractivity contribution is 5.90. The van der Waals surface area contributed by atoms with Crippen molar-refractivity contribution in [1.82, 2.24) is 0 Å². The lowest BCUT2D eigenvalue weighted by Crippen LogP contribution is -2.33. The number of rotatable bonds is 8. The summed E-state index contributed by atoms with van der Waals surface area (Å²) in [4.78, 5) is 25.2. The minimum absolute atomic E-state index is 0.0951. The van der Waals surface area contributed by atoms with E-state index >= 15 is 0 Å². The van der Waals surface area contributed by atoms with Gasteiger partial charge in [-0.05, 0) is 67.0 Å².